The third-order valence-electron chi connectivity index (χ3n) is 5.05. The Kier molecular flexibility index (Phi) is 4.69. The summed E-state index contributed by atoms with van der Waals surface area (Å²) in [6, 6.07) is 12.3. The highest BCUT2D eigenvalue weighted by Gasteiger charge is 2.22. The minimum absolute atomic E-state index is 0.133. The van der Waals surface area contributed by atoms with Gasteiger partial charge in [-0.1, -0.05) is 11.6 Å². The quantitative estimate of drug-likeness (QED) is 0.642. The van der Waals surface area contributed by atoms with Gasteiger partial charge in [-0.15, -0.1) is 0 Å². The highest BCUT2D eigenvalue weighted by Crippen LogP contribution is 2.30. The number of aryl methyl sites for hydroxylation is 2. The molecule has 0 radical (unpaired) electrons. The summed E-state index contributed by atoms with van der Waals surface area (Å²) in [6.45, 7) is 2.02. The predicted molar refractivity (Wildman–Crippen MR) is 111 cm³/mol. The Hall–Kier alpha value is -3.41. The molecule has 1 aliphatic carbocycles. The third-order valence-corrected chi connectivity index (χ3v) is 5.05. The predicted octanol–water partition coefficient (Wildman–Crippen LogP) is 4.16. The van der Waals surface area contributed by atoms with Crippen LogP contribution in [0.1, 0.15) is 40.0 Å². The lowest BCUT2D eigenvalue weighted by atomic mass is 9.89. The summed E-state index contributed by atoms with van der Waals surface area (Å²) >= 11 is 0. The number of pyridine rings is 1. The van der Waals surface area contributed by atoms with Crippen molar-refractivity contribution in [3.8, 4) is 0 Å². The van der Waals surface area contributed by atoms with Crippen molar-refractivity contribution in [2.24, 2.45) is 5.73 Å². The lowest BCUT2D eigenvalue weighted by Gasteiger charge is -2.20. The summed E-state index contributed by atoms with van der Waals surface area (Å²) in [4.78, 5) is 29.0. The molecule has 1 aliphatic rings. The van der Waals surface area contributed by atoms with E-state index >= 15 is 0 Å². The molecule has 6 nitrogen and oxygen atoms in total. The number of benzene rings is 2. The average molecular weight is 374 g/mol. The summed E-state index contributed by atoms with van der Waals surface area (Å²) in [5, 5.41) is 6.39. The summed E-state index contributed by atoms with van der Waals surface area (Å²) in [5.41, 5.74) is 11.1. The number of nitrogens with two attached hydrogens (primary N) is 1. The number of amides is 3. The van der Waals surface area contributed by atoms with Crippen molar-refractivity contribution < 1.29 is 9.59 Å². The van der Waals surface area contributed by atoms with Crippen LogP contribution in [0.3, 0.4) is 0 Å². The van der Waals surface area contributed by atoms with Crippen molar-refractivity contribution in [3.63, 3.8) is 0 Å². The van der Waals surface area contributed by atoms with Gasteiger partial charge >= 0.3 is 6.03 Å². The Morgan fingerprint density at radius 3 is 2.36 bits per heavy atom. The van der Waals surface area contributed by atoms with Gasteiger partial charge < -0.3 is 16.4 Å². The molecule has 0 unspecified atom stereocenters. The number of primary amides is 1. The molecule has 0 spiro atoms. The van der Waals surface area contributed by atoms with Gasteiger partial charge in [-0.05, 0) is 74.6 Å². The third kappa shape index (κ3) is 3.53. The SMILES string of the molecule is Cc1ccc2nc3c(c(C(=O)Nc4ccc(NC(N)=O)cc4)c2c1)CCCC3. The van der Waals surface area contributed by atoms with E-state index in [1.165, 1.54) is 0 Å². The van der Waals surface area contributed by atoms with Gasteiger partial charge in [-0.2, -0.15) is 0 Å². The first-order chi connectivity index (χ1) is 13.5. The van der Waals surface area contributed by atoms with E-state index in [-0.39, 0.29) is 5.91 Å². The molecule has 6 heteroatoms. The van der Waals surface area contributed by atoms with E-state index < -0.39 is 6.03 Å². The number of nitrogens with one attached hydrogen (secondary N) is 2. The molecule has 1 heterocycles. The van der Waals surface area contributed by atoms with Crippen LogP contribution in [-0.2, 0) is 12.8 Å². The van der Waals surface area contributed by atoms with Crippen molar-refractivity contribution >= 4 is 34.2 Å². The van der Waals surface area contributed by atoms with Gasteiger partial charge in [0.15, 0.2) is 0 Å². The Morgan fingerprint density at radius 1 is 0.964 bits per heavy atom. The molecule has 3 amide bonds. The highest BCUT2D eigenvalue weighted by molar-refractivity contribution is 6.13. The van der Waals surface area contributed by atoms with Gasteiger partial charge in [0, 0.05) is 22.5 Å². The summed E-state index contributed by atoms with van der Waals surface area (Å²) in [7, 11) is 0. The molecule has 0 fully saturated rings. The Balaban J connectivity index is 1.72. The first-order valence-electron chi connectivity index (χ1n) is 9.41. The molecule has 3 aromatic rings. The molecular weight excluding hydrogens is 352 g/mol. The molecule has 0 aliphatic heterocycles. The molecule has 28 heavy (non-hydrogen) atoms. The zero-order chi connectivity index (χ0) is 19.7. The maximum absolute atomic E-state index is 13.2. The molecule has 2 aromatic carbocycles. The number of aromatic nitrogens is 1. The fourth-order valence-corrected chi connectivity index (χ4v) is 3.77. The van der Waals surface area contributed by atoms with E-state index in [1.54, 1.807) is 24.3 Å². The summed E-state index contributed by atoms with van der Waals surface area (Å²) in [6.07, 6.45) is 3.95. The van der Waals surface area contributed by atoms with Crippen LogP contribution < -0.4 is 16.4 Å². The van der Waals surface area contributed by atoms with E-state index in [1.807, 2.05) is 25.1 Å². The molecule has 142 valence electrons. The molecule has 1 aromatic heterocycles. The van der Waals surface area contributed by atoms with Crippen LogP contribution >= 0.6 is 0 Å². The van der Waals surface area contributed by atoms with Crippen LogP contribution in [0.25, 0.3) is 10.9 Å². The molecule has 4 N–H and O–H groups in total. The second kappa shape index (κ2) is 7.31. The molecule has 0 saturated heterocycles. The van der Waals surface area contributed by atoms with Crippen LogP contribution in [0.5, 0.6) is 0 Å². The van der Waals surface area contributed by atoms with Crippen molar-refractivity contribution in [1.29, 1.82) is 0 Å². The maximum Gasteiger partial charge on any atom is 0.316 e. The van der Waals surface area contributed by atoms with Gasteiger partial charge in [0.1, 0.15) is 0 Å². The lowest BCUT2D eigenvalue weighted by molar-refractivity contribution is 0.102. The fraction of sp³-hybridized carbons (Fsp3) is 0.227. The van der Waals surface area contributed by atoms with E-state index in [0.717, 1.165) is 59.0 Å². The molecule has 0 atom stereocenters. The van der Waals surface area contributed by atoms with Gasteiger partial charge in [0.2, 0.25) is 0 Å². The standard InChI is InChI=1S/C22H22N4O2/c1-13-6-11-19-17(12-13)20(16-4-2-3-5-18(16)26-19)21(27)24-14-7-9-15(10-8-14)25-22(23)28/h6-12H,2-5H2,1H3,(H,24,27)(H3,23,25,28). The smallest absolute Gasteiger partial charge is 0.316 e. The van der Waals surface area contributed by atoms with Crippen LogP contribution in [0.2, 0.25) is 0 Å². The van der Waals surface area contributed by atoms with Gasteiger partial charge in [-0.25, -0.2) is 4.79 Å². The molecule has 0 bridgehead atoms. The topological polar surface area (TPSA) is 97.1 Å². The first-order valence-corrected chi connectivity index (χ1v) is 9.41. The number of rotatable bonds is 3. The van der Waals surface area contributed by atoms with Gasteiger partial charge in [-0.3, -0.25) is 9.78 Å². The van der Waals surface area contributed by atoms with Crippen LogP contribution in [0.4, 0.5) is 16.2 Å². The number of fused-ring (bicyclic) bond motifs is 2. The number of urea groups is 1. The summed E-state index contributed by atoms with van der Waals surface area (Å²) in [5.74, 6) is -0.133. The van der Waals surface area contributed by atoms with Crippen molar-refractivity contribution in [3.05, 3.63) is 64.8 Å². The highest BCUT2D eigenvalue weighted by atomic mass is 16.2. The number of anilines is 2. The van der Waals surface area contributed by atoms with Crippen molar-refractivity contribution in [1.82, 2.24) is 4.98 Å². The molecule has 4 rings (SSSR count). The lowest BCUT2D eigenvalue weighted by Crippen LogP contribution is -2.20. The van der Waals surface area contributed by atoms with Gasteiger partial charge in [0.05, 0.1) is 11.1 Å². The monoisotopic (exact) mass is 374 g/mol. The van der Waals surface area contributed by atoms with Gasteiger partial charge in [0.25, 0.3) is 5.91 Å². The van der Waals surface area contributed by atoms with E-state index in [2.05, 4.69) is 10.6 Å². The van der Waals surface area contributed by atoms with Crippen LogP contribution in [-0.4, -0.2) is 16.9 Å². The van der Waals surface area contributed by atoms with E-state index in [0.29, 0.717) is 11.4 Å². The zero-order valence-corrected chi connectivity index (χ0v) is 15.7. The summed E-state index contributed by atoms with van der Waals surface area (Å²) < 4.78 is 0. The Labute approximate surface area is 163 Å². The minimum Gasteiger partial charge on any atom is -0.351 e. The number of nitrogens with zero attached hydrogens (tertiary/aromatic N) is 1. The van der Waals surface area contributed by atoms with Crippen LogP contribution in [0.15, 0.2) is 42.5 Å². The fourth-order valence-electron chi connectivity index (χ4n) is 3.77. The van der Waals surface area contributed by atoms with E-state index in [9.17, 15) is 9.59 Å². The normalized spacial score (nSPS) is 13.0. The number of hydrogen-bond donors (Lipinski definition) is 3. The largest absolute Gasteiger partial charge is 0.351 e. The second-order valence-electron chi connectivity index (χ2n) is 7.16. The number of hydrogen-bond acceptors (Lipinski definition) is 3. The second-order valence-corrected chi connectivity index (χ2v) is 7.16. The minimum atomic E-state index is -0.623. The van der Waals surface area contributed by atoms with Crippen molar-refractivity contribution in [2.75, 3.05) is 10.6 Å². The maximum atomic E-state index is 13.2. The Bertz CT molecular complexity index is 1070. The average Bonchev–Trinajstić information content (AvgIpc) is 2.67. The zero-order valence-electron chi connectivity index (χ0n) is 15.7. The first kappa shape index (κ1) is 18.0. The number of carbonyl (C=O) groups excluding carboxylic acids is 2. The molecule has 0 saturated carbocycles. The molecular formula is C22H22N4O2. The number of carbonyl (C=O) groups is 2. The van der Waals surface area contributed by atoms with Crippen LogP contribution in [0, 0.1) is 6.92 Å². The van der Waals surface area contributed by atoms with E-state index in [4.69, 9.17) is 10.7 Å². The Morgan fingerprint density at radius 2 is 1.64 bits per heavy atom. The van der Waals surface area contributed by atoms with Crippen molar-refractivity contribution in [2.45, 2.75) is 32.6 Å².